The minimum atomic E-state index is -4.56. The fourth-order valence-corrected chi connectivity index (χ4v) is 2.69. The van der Waals surface area contributed by atoms with E-state index in [9.17, 15) is 31.5 Å². The first kappa shape index (κ1) is 26.6. The van der Waals surface area contributed by atoms with Crippen LogP contribution in [0.3, 0.4) is 0 Å². The lowest BCUT2D eigenvalue weighted by Gasteiger charge is -2.18. The Hall–Kier alpha value is -3.64. The number of hydrogen-bond donors (Lipinski definition) is 1. The lowest BCUT2D eigenvalue weighted by molar-refractivity contribution is -0.137. The second kappa shape index (κ2) is 11.5. The highest BCUT2D eigenvalue weighted by Gasteiger charge is 2.31. The summed E-state index contributed by atoms with van der Waals surface area (Å²) in [4.78, 5) is 28.6. The monoisotopic (exact) mass is 486 g/mol. The predicted octanol–water partition coefficient (Wildman–Crippen LogP) is 3.59. The molecule has 2 rings (SSSR count). The zero-order chi connectivity index (χ0) is 25.5. The molecule has 0 aliphatic rings. The quantitative estimate of drug-likeness (QED) is 0.409. The Morgan fingerprint density at radius 3 is 2.62 bits per heavy atom. The number of carbonyl (C=O) groups excluding carboxylic acids is 2. The maximum atomic E-state index is 14.4. The predicted molar refractivity (Wildman–Crippen MR) is 111 cm³/mol. The zero-order valence-corrected chi connectivity index (χ0v) is 18.4. The Kier molecular flexibility index (Phi) is 8.98. The summed E-state index contributed by atoms with van der Waals surface area (Å²) in [5.74, 6) is -2.58. The van der Waals surface area contributed by atoms with Crippen molar-refractivity contribution < 1.29 is 31.5 Å². The van der Waals surface area contributed by atoms with E-state index >= 15 is 0 Å². The average Bonchev–Trinajstić information content (AvgIpc) is 3.25. The molecule has 0 aliphatic heterocycles. The van der Waals surface area contributed by atoms with E-state index in [1.807, 2.05) is 0 Å². The highest BCUT2D eigenvalue weighted by molar-refractivity contribution is 5.92. The lowest BCUT2D eigenvalue weighted by atomic mass is 10.2. The van der Waals surface area contributed by atoms with Gasteiger partial charge in [0, 0.05) is 25.5 Å². The Morgan fingerprint density at radius 2 is 2.00 bits per heavy atom. The first-order valence-corrected chi connectivity index (χ1v) is 10.0. The number of carbonyl (C=O) groups is 2. The van der Waals surface area contributed by atoms with Crippen LogP contribution in [0, 0.1) is 0 Å². The first-order chi connectivity index (χ1) is 15.9. The van der Waals surface area contributed by atoms with Crippen LogP contribution < -0.4 is 5.32 Å². The molecule has 184 valence electrons. The standard InChI is InChI=1S/C21H23F5N6O2/c1-4-31(20(34)18(23)13(2)3)6-5-16(22)11-32-12-17(29-30-32)19(33)28-9-14-7-15(10-27-8-14)21(24,25)26/h4,7-8,10,12,16H,1,5-6,9,11H2,2-3H3,(H,28,33). The molecule has 2 aromatic rings. The first-order valence-electron chi connectivity index (χ1n) is 10.0. The normalized spacial score (nSPS) is 12.1. The van der Waals surface area contributed by atoms with Gasteiger partial charge >= 0.3 is 6.18 Å². The number of amides is 2. The van der Waals surface area contributed by atoms with Gasteiger partial charge in [0.05, 0.1) is 18.3 Å². The van der Waals surface area contributed by atoms with Gasteiger partial charge in [-0.3, -0.25) is 14.6 Å². The van der Waals surface area contributed by atoms with Gasteiger partial charge in [-0.2, -0.15) is 13.2 Å². The molecule has 1 N–H and O–H groups in total. The summed E-state index contributed by atoms with van der Waals surface area (Å²) in [6.07, 6.45) is -2.08. The molecule has 0 saturated heterocycles. The van der Waals surface area contributed by atoms with Crippen LogP contribution in [0.5, 0.6) is 0 Å². The van der Waals surface area contributed by atoms with Crippen molar-refractivity contribution in [2.45, 2.75) is 45.7 Å². The molecule has 0 bridgehead atoms. The van der Waals surface area contributed by atoms with Crippen molar-refractivity contribution in [2.75, 3.05) is 6.54 Å². The third kappa shape index (κ3) is 7.46. The average molecular weight is 486 g/mol. The molecule has 0 aromatic carbocycles. The van der Waals surface area contributed by atoms with Gasteiger partial charge in [-0.05, 0) is 43.7 Å². The van der Waals surface area contributed by atoms with Crippen molar-refractivity contribution in [3.63, 3.8) is 0 Å². The van der Waals surface area contributed by atoms with E-state index in [0.717, 1.165) is 21.8 Å². The molecule has 8 nitrogen and oxygen atoms in total. The molecular weight excluding hydrogens is 463 g/mol. The van der Waals surface area contributed by atoms with Crippen molar-refractivity contribution in [3.8, 4) is 0 Å². The second-order valence-electron chi connectivity index (χ2n) is 7.47. The Bertz CT molecular complexity index is 1060. The van der Waals surface area contributed by atoms with Gasteiger partial charge < -0.3 is 10.2 Å². The lowest BCUT2D eigenvalue weighted by Crippen LogP contribution is -2.29. The number of nitrogens with one attached hydrogen (secondary N) is 1. The summed E-state index contributed by atoms with van der Waals surface area (Å²) in [6, 6.07) is 0.860. The maximum Gasteiger partial charge on any atom is 0.417 e. The number of aromatic nitrogens is 4. The van der Waals surface area contributed by atoms with Crippen molar-refractivity contribution in [3.05, 3.63) is 65.7 Å². The molecule has 34 heavy (non-hydrogen) atoms. The van der Waals surface area contributed by atoms with Crippen LogP contribution in [0.25, 0.3) is 0 Å². The van der Waals surface area contributed by atoms with Crippen LogP contribution in [0.1, 0.15) is 41.9 Å². The summed E-state index contributed by atoms with van der Waals surface area (Å²) in [5, 5.41) is 9.66. The van der Waals surface area contributed by atoms with Crippen LogP contribution in [-0.4, -0.2) is 49.4 Å². The van der Waals surface area contributed by atoms with E-state index in [-0.39, 0.29) is 42.9 Å². The molecule has 0 fully saturated rings. The number of pyridine rings is 1. The molecule has 0 spiro atoms. The highest BCUT2D eigenvalue weighted by atomic mass is 19.4. The molecule has 0 radical (unpaired) electrons. The topological polar surface area (TPSA) is 93.0 Å². The van der Waals surface area contributed by atoms with Gasteiger partial charge in [0.2, 0.25) is 0 Å². The van der Waals surface area contributed by atoms with Gasteiger partial charge in [0.25, 0.3) is 11.8 Å². The van der Waals surface area contributed by atoms with Crippen LogP contribution in [0.15, 0.2) is 48.8 Å². The molecule has 2 heterocycles. The van der Waals surface area contributed by atoms with Gasteiger partial charge in [0.15, 0.2) is 11.5 Å². The minimum absolute atomic E-state index is 0.128. The fourth-order valence-electron chi connectivity index (χ4n) is 2.69. The van der Waals surface area contributed by atoms with E-state index in [1.165, 1.54) is 26.2 Å². The van der Waals surface area contributed by atoms with E-state index in [2.05, 4.69) is 27.2 Å². The molecule has 0 saturated carbocycles. The summed E-state index contributed by atoms with van der Waals surface area (Å²) in [6.45, 7) is 5.64. The summed E-state index contributed by atoms with van der Waals surface area (Å²) in [7, 11) is 0. The summed E-state index contributed by atoms with van der Waals surface area (Å²) < 4.78 is 67.4. The number of halogens is 5. The summed E-state index contributed by atoms with van der Waals surface area (Å²) in [5.41, 5.74) is -0.795. The zero-order valence-electron chi connectivity index (χ0n) is 18.4. The third-order valence-electron chi connectivity index (χ3n) is 4.52. The molecule has 2 aromatic heterocycles. The van der Waals surface area contributed by atoms with E-state index < -0.39 is 35.6 Å². The van der Waals surface area contributed by atoms with Crippen molar-refractivity contribution in [2.24, 2.45) is 0 Å². The SMILES string of the molecule is C=CN(CCC(F)Cn1cc(C(=O)NCc2cncc(C(F)(F)F)c2)nn1)C(=O)C(F)=C(C)C. The molecule has 2 amide bonds. The van der Waals surface area contributed by atoms with Gasteiger partial charge in [0.1, 0.15) is 6.17 Å². The van der Waals surface area contributed by atoms with E-state index in [4.69, 9.17) is 0 Å². The molecule has 1 unspecified atom stereocenters. The Balaban J connectivity index is 1.89. The van der Waals surface area contributed by atoms with Crippen molar-refractivity contribution in [1.82, 2.24) is 30.2 Å². The van der Waals surface area contributed by atoms with Gasteiger partial charge in [-0.15, -0.1) is 5.10 Å². The number of nitrogens with zero attached hydrogens (tertiary/aromatic N) is 5. The second-order valence-corrected chi connectivity index (χ2v) is 7.47. The maximum absolute atomic E-state index is 14.4. The smallest absolute Gasteiger partial charge is 0.346 e. The van der Waals surface area contributed by atoms with Crippen molar-refractivity contribution in [1.29, 1.82) is 0 Å². The Morgan fingerprint density at radius 1 is 1.29 bits per heavy atom. The van der Waals surface area contributed by atoms with Gasteiger partial charge in [-0.25, -0.2) is 13.5 Å². The van der Waals surface area contributed by atoms with Crippen LogP contribution in [0.4, 0.5) is 22.0 Å². The Labute approximate surface area is 192 Å². The molecular formula is C21H23F5N6O2. The molecule has 0 aliphatic carbocycles. The number of hydrogen-bond acceptors (Lipinski definition) is 5. The molecule has 13 heteroatoms. The van der Waals surface area contributed by atoms with E-state index in [1.54, 1.807) is 0 Å². The van der Waals surface area contributed by atoms with Crippen LogP contribution in [0.2, 0.25) is 0 Å². The van der Waals surface area contributed by atoms with E-state index in [0.29, 0.717) is 6.20 Å². The molecule has 1 atom stereocenters. The number of rotatable bonds is 10. The highest BCUT2D eigenvalue weighted by Crippen LogP contribution is 2.28. The fraction of sp³-hybridized carbons (Fsp3) is 0.381. The minimum Gasteiger partial charge on any atom is -0.346 e. The van der Waals surface area contributed by atoms with Crippen molar-refractivity contribution >= 4 is 11.8 Å². The van der Waals surface area contributed by atoms with Gasteiger partial charge in [-0.1, -0.05) is 11.8 Å². The number of alkyl halides is 4. The van der Waals surface area contributed by atoms with Crippen LogP contribution >= 0.6 is 0 Å². The number of allylic oxidation sites excluding steroid dienone is 1. The summed E-state index contributed by atoms with van der Waals surface area (Å²) >= 11 is 0. The third-order valence-corrected chi connectivity index (χ3v) is 4.52. The largest absolute Gasteiger partial charge is 0.417 e. The van der Waals surface area contributed by atoms with Crippen LogP contribution in [-0.2, 0) is 24.1 Å².